The van der Waals surface area contributed by atoms with E-state index in [9.17, 15) is 4.79 Å². The van der Waals surface area contributed by atoms with E-state index in [-0.39, 0.29) is 6.03 Å². The number of hydrogen-bond acceptors (Lipinski definition) is 3. The van der Waals surface area contributed by atoms with Crippen LogP contribution in [0.1, 0.15) is 31.4 Å². The number of aryl methyl sites for hydroxylation is 1. The van der Waals surface area contributed by atoms with Gasteiger partial charge in [0, 0.05) is 18.3 Å². The molecule has 2 unspecified atom stereocenters. The molecule has 2 heterocycles. The predicted octanol–water partition coefficient (Wildman–Crippen LogP) is 4.71. The SMILES string of the molecule is Cc1coc(-c2cc(NC(=O)N3CC4CCCC3C4)ccc2Cl)n1. The number of aromatic nitrogens is 1. The third-order valence-corrected chi connectivity index (χ3v) is 5.31. The lowest BCUT2D eigenvalue weighted by atomic mass is 9.91. The summed E-state index contributed by atoms with van der Waals surface area (Å²) in [5.41, 5.74) is 2.18. The minimum Gasteiger partial charge on any atom is -0.444 e. The van der Waals surface area contributed by atoms with E-state index < -0.39 is 0 Å². The van der Waals surface area contributed by atoms with Gasteiger partial charge in [0.25, 0.3) is 0 Å². The Kier molecular flexibility index (Phi) is 3.96. The summed E-state index contributed by atoms with van der Waals surface area (Å²) in [7, 11) is 0. The van der Waals surface area contributed by atoms with Crippen molar-refractivity contribution in [1.29, 1.82) is 0 Å². The van der Waals surface area contributed by atoms with Gasteiger partial charge in [0.05, 0.1) is 16.3 Å². The highest BCUT2D eigenvalue weighted by atomic mass is 35.5. The molecule has 1 aromatic heterocycles. The molecular weight excluding hydrogens is 326 g/mol. The Bertz CT molecular complexity index is 773. The summed E-state index contributed by atoms with van der Waals surface area (Å²) in [4.78, 5) is 18.9. The van der Waals surface area contributed by atoms with Crippen molar-refractivity contribution in [3.05, 3.63) is 35.2 Å². The van der Waals surface area contributed by atoms with E-state index >= 15 is 0 Å². The maximum atomic E-state index is 12.6. The number of halogens is 1. The Balaban J connectivity index is 1.53. The Morgan fingerprint density at radius 1 is 1.42 bits per heavy atom. The van der Waals surface area contributed by atoms with Crippen molar-refractivity contribution in [2.75, 3.05) is 11.9 Å². The number of nitrogens with one attached hydrogen (secondary N) is 1. The summed E-state index contributed by atoms with van der Waals surface area (Å²) in [6, 6.07) is 5.75. The number of fused-ring (bicyclic) bond motifs is 2. The van der Waals surface area contributed by atoms with Gasteiger partial charge in [-0.3, -0.25) is 0 Å². The lowest BCUT2D eigenvalue weighted by Crippen LogP contribution is -2.38. The van der Waals surface area contributed by atoms with Gasteiger partial charge in [-0.2, -0.15) is 0 Å². The zero-order chi connectivity index (χ0) is 16.7. The van der Waals surface area contributed by atoms with Crippen molar-refractivity contribution in [1.82, 2.24) is 9.88 Å². The molecule has 6 heteroatoms. The zero-order valence-corrected chi connectivity index (χ0v) is 14.3. The van der Waals surface area contributed by atoms with E-state index in [0.29, 0.717) is 34.1 Å². The average molecular weight is 346 g/mol. The number of oxazole rings is 1. The molecule has 5 nitrogen and oxygen atoms in total. The van der Waals surface area contributed by atoms with Crippen LogP contribution < -0.4 is 5.32 Å². The van der Waals surface area contributed by atoms with Gasteiger partial charge in [0.1, 0.15) is 6.26 Å². The number of rotatable bonds is 2. The highest BCUT2D eigenvalue weighted by Crippen LogP contribution is 2.36. The molecule has 126 valence electrons. The van der Waals surface area contributed by atoms with Gasteiger partial charge >= 0.3 is 6.03 Å². The van der Waals surface area contributed by atoms with Crippen LogP contribution in [-0.4, -0.2) is 28.5 Å². The molecule has 4 rings (SSSR count). The summed E-state index contributed by atoms with van der Waals surface area (Å²) in [5, 5.41) is 3.55. The molecule has 1 saturated heterocycles. The molecule has 2 aliphatic rings. The second kappa shape index (κ2) is 6.13. The molecule has 1 aromatic carbocycles. The highest BCUT2D eigenvalue weighted by molar-refractivity contribution is 6.33. The van der Waals surface area contributed by atoms with Crippen LogP contribution in [0.25, 0.3) is 11.5 Å². The third kappa shape index (κ3) is 2.88. The number of urea groups is 1. The predicted molar refractivity (Wildman–Crippen MR) is 93.2 cm³/mol. The minimum atomic E-state index is -0.0266. The maximum absolute atomic E-state index is 12.6. The fraction of sp³-hybridized carbons (Fsp3) is 0.444. The number of hydrogen-bond donors (Lipinski definition) is 1. The zero-order valence-electron chi connectivity index (χ0n) is 13.6. The standard InChI is InChI=1S/C18H20ClN3O2/c1-11-10-24-17(20-11)15-8-13(5-6-16(15)19)21-18(23)22-9-12-3-2-4-14(22)7-12/h5-6,8,10,12,14H,2-4,7,9H2,1H3,(H,21,23). The average Bonchev–Trinajstić information content (AvgIpc) is 3.12. The molecule has 1 aliphatic carbocycles. The monoisotopic (exact) mass is 345 g/mol. The quantitative estimate of drug-likeness (QED) is 0.857. The largest absolute Gasteiger partial charge is 0.444 e. The number of amides is 2. The van der Waals surface area contributed by atoms with Gasteiger partial charge in [-0.05, 0) is 50.3 Å². The summed E-state index contributed by atoms with van der Waals surface area (Å²) in [6.07, 6.45) is 6.32. The van der Waals surface area contributed by atoms with Crippen molar-refractivity contribution >= 4 is 23.3 Å². The van der Waals surface area contributed by atoms with Gasteiger partial charge in [-0.25, -0.2) is 9.78 Å². The molecule has 0 spiro atoms. The fourth-order valence-corrected chi connectivity index (χ4v) is 4.03. The molecule has 1 saturated carbocycles. The molecule has 24 heavy (non-hydrogen) atoms. The number of nitrogens with zero attached hydrogens (tertiary/aromatic N) is 2. The van der Waals surface area contributed by atoms with Gasteiger partial charge in [-0.15, -0.1) is 0 Å². The van der Waals surface area contributed by atoms with Crippen LogP contribution in [0, 0.1) is 12.8 Å². The summed E-state index contributed by atoms with van der Waals surface area (Å²) >= 11 is 6.25. The molecular formula is C18H20ClN3O2. The van der Waals surface area contributed by atoms with Crippen LogP contribution in [0.2, 0.25) is 5.02 Å². The van der Waals surface area contributed by atoms with E-state index in [2.05, 4.69) is 10.3 Å². The van der Waals surface area contributed by atoms with Crippen molar-refractivity contribution < 1.29 is 9.21 Å². The molecule has 1 aliphatic heterocycles. The van der Waals surface area contributed by atoms with Gasteiger partial charge in [0.15, 0.2) is 0 Å². The van der Waals surface area contributed by atoms with Crippen LogP contribution in [0.3, 0.4) is 0 Å². The van der Waals surface area contributed by atoms with Gasteiger partial charge in [0.2, 0.25) is 5.89 Å². The Hall–Kier alpha value is -2.01. The van der Waals surface area contributed by atoms with Crippen LogP contribution in [0.5, 0.6) is 0 Å². The lowest BCUT2D eigenvalue weighted by Gasteiger charge is -2.24. The Labute approximate surface area is 146 Å². The lowest BCUT2D eigenvalue weighted by molar-refractivity contribution is 0.204. The Morgan fingerprint density at radius 2 is 2.29 bits per heavy atom. The molecule has 2 aromatic rings. The van der Waals surface area contributed by atoms with Crippen molar-refractivity contribution in [3.63, 3.8) is 0 Å². The van der Waals surface area contributed by atoms with Crippen molar-refractivity contribution in [3.8, 4) is 11.5 Å². The maximum Gasteiger partial charge on any atom is 0.322 e. The second-order valence-corrected chi connectivity index (χ2v) is 7.16. The number of benzene rings is 1. The van der Waals surface area contributed by atoms with E-state index in [1.54, 1.807) is 12.3 Å². The van der Waals surface area contributed by atoms with Crippen LogP contribution in [0.15, 0.2) is 28.9 Å². The van der Waals surface area contributed by atoms with Crippen LogP contribution >= 0.6 is 11.6 Å². The normalized spacial score (nSPS) is 22.7. The molecule has 2 bridgehead atoms. The number of carbonyl (C=O) groups excluding carboxylic acids is 1. The second-order valence-electron chi connectivity index (χ2n) is 6.76. The topological polar surface area (TPSA) is 58.4 Å². The summed E-state index contributed by atoms with van der Waals surface area (Å²) in [5.74, 6) is 1.14. The van der Waals surface area contributed by atoms with E-state index in [1.807, 2.05) is 24.0 Å². The molecule has 1 N–H and O–H groups in total. The van der Waals surface area contributed by atoms with Crippen molar-refractivity contribution in [2.45, 2.75) is 38.6 Å². The fourth-order valence-electron chi connectivity index (χ4n) is 3.83. The van der Waals surface area contributed by atoms with Crippen LogP contribution in [0.4, 0.5) is 10.5 Å². The number of likely N-dealkylation sites (tertiary alicyclic amines) is 1. The first-order valence-electron chi connectivity index (χ1n) is 8.40. The minimum absolute atomic E-state index is 0.0266. The molecule has 2 atom stereocenters. The number of carbonyl (C=O) groups is 1. The molecule has 2 fully saturated rings. The number of anilines is 1. The summed E-state index contributed by atoms with van der Waals surface area (Å²) < 4.78 is 5.43. The van der Waals surface area contributed by atoms with Crippen LogP contribution in [-0.2, 0) is 0 Å². The first-order chi connectivity index (χ1) is 11.6. The third-order valence-electron chi connectivity index (χ3n) is 4.98. The highest BCUT2D eigenvalue weighted by Gasteiger charge is 2.37. The van der Waals surface area contributed by atoms with Gasteiger partial charge in [-0.1, -0.05) is 18.0 Å². The van der Waals surface area contributed by atoms with Gasteiger partial charge < -0.3 is 14.6 Å². The molecule has 2 amide bonds. The molecule has 0 radical (unpaired) electrons. The van der Waals surface area contributed by atoms with E-state index in [0.717, 1.165) is 25.1 Å². The van der Waals surface area contributed by atoms with Crippen molar-refractivity contribution in [2.24, 2.45) is 5.92 Å². The van der Waals surface area contributed by atoms with E-state index in [4.69, 9.17) is 16.0 Å². The summed E-state index contributed by atoms with van der Waals surface area (Å²) in [6.45, 7) is 2.73. The first kappa shape index (κ1) is 15.5. The Morgan fingerprint density at radius 3 is 3.04 bits per heavy atom. The smallest absolute Gasteiger partial charge is 0.322 e. The van der Waals surface area contributed by atoms with E-state index in [1.165, 1.54) is 12.8 Å². The first-order valence-corrected chi connectivity index (χ1v) is 8.77.